The normalized spacial score (nSPS) is 17.6. The van der Waals surface area contributed by atoms with E-state index in [9.17, 15) is 17.6 Å². The molecular formula is C21H21FN4O3S. The van der Waals surface area contributed by atoms with Crippen LogP contribution in [0.3, 0.4) is 0 Å². The lowest BCUT2D eigenvalue weighted by Gasteiger charge is -2.31. The maximum atomic E-state index is 13.4. The van der Waals surface area contributed by atoms with E-state index in [0.717, 1.165) is 0 Å². The minimum Gasteiger partial charge on any atom is -0.309 e. The molecule has 1 aromatic heterocycles. The number of sulfonamides is 1. The Balaban J connectivity index is 1.44. The molecule has 2 N–H and O–H groups in total. The molecule has 9 heteroatoms. The molecule has 0 spiro atoms. The molecule has 1 aliphatic heterocycles. The van der Waals surface area contributed by atoms with Crippen molar-refractivity contribution in [2.24, 2.45) is 5.92 Å². The predicted molar refractivity (Wildman–Crippen MR) is 111 cm³/mol. The number of amides is 1. The van der Waals surface area contributed by atoms with Crippen LogP contribution in [0.4, 0.5) is 10.2 Å². The average Bonchev–Trinajstić information content (AvgIpc) is 3.23. The molecule has 7 nitrogen and oxygen atoms in total. The van der Waals surface area contributed by atoms with E-state index in [1.807, 2.05) is 0 Å². The van der Waals surface area contributed by atoms with Crippen molar-refractivity contribution in [1.82, 2.24) is 14.5 Å². The summed E-state index contributed by atoms with van der Waals surface area (Å²) in [6.45, 7) is 0.497. The number of hydrogen-bond acceptors (Lipinski definition) is 4. The number of H-pyrrole nitrogens is 1. The highest BCUT2D eigenvalue weighted by molar-refractivity contribution is 7.89. The van der Waals surface area contributed by atoms with Crippen molar-refractivity contribution in [3.8, 4) is 11.3 Å². The van der Waals surface area contributed by atoms with Crippen molar-refractivity contribution >= 4 is 21.7 Å². The zero-order valence-electron chi connectivity index (χ0n) is 16.1. The first-order valence-corrected chi connectivity index (χ1v) is 11.0. The van der Waals surface area contributed by atoms with E-state index >= 15 is 0 Å². The number of piperidine rings is 1. The van der Waals surface area contributed by atoms with Gasteiger partial charge in [0.25, 0.3) is 0 Å². The van der Waals surface area contributed by atoms with Crippen molar-refractivity contribution in [2.75, 3.05) is 18.4 Å². The number of aromatic amines is 1. The summed E-state index contributed by atoms with van der Waals surface area (Å²) >= 11 is 0. The van der Waals surface area contributed by atoms with E-state index in [0.29, 0.717) is 36.5 Å². The van der Waals surface area contributed by atoms with Crippen LogP contribution in [0, 0.1) is 11.7 Å². The molecule has 0 aliphatic carbocycles. The summed E-state index contributed by atoms with van der Waals surface area (Å²) in [6.07, 6.45) is 1.19. The smallest absolute Gasteiger partial charge is 0.243 e. The van der Waals surface area contributed by atoms with Crippen molar-refractivity contribution in [1.29, 1.82) is 0 Å². The minimum absolute atomic E-state index is 0.115. The van der Waals surface area contributed by atoms with Gasteiger partial charge in [0.2, 0.25) is 15.9 Å². The second kappa shape index (κ2) is 8.37. The van der Waals surface area contributed by atoms with Crippen LogP contribution in [0.25, 0.3) is 11.3 Å². The fraction of sp³-hybridized carbons (Fsp3) is 0.238. The molecule has 3 aromatic rings. The van der Waals surface area contributed by atoms with Crippen LogP contribution in [0.15, 0.2) is 65.6 Å². The van der Waals surface area contributed by atoms with Gasteiger partial charge < -0.3 is 5.32 Å². The zero-order chi connectivity index (χ0) is 21.1. The van der Waals surface area contributed by atoms with Crippen LogP contribution in [-0.2, 0) is 14.8 Å². The van der Waals surface area contributed by atoms with Crippen molar-refractivity contribution in [3.63, 3.8) is 0 Å². The predicted octanol–water partition coefficient (Wildman–Crippen LogP) is 3.26. The second-order valence-electron chi connectivity index (χ2n) is 7.18. The van der Waals surface area contributed by atoms with Gasteiger partial charge in [0.1, 0.15) is 5.82 Å². The van der Waals surface area contributed by atoms with Crippen molar-refractivity contribution in [3.05, 3.63) is 66.5 Å². The SMILES string of the molecule is O=C(Nc1cc(-c2cccc(F)c2)[nH]n1)[C@@H]1CCCN(S(=O)(=O)c2ccccc2)C1. The molecule has 30 heavy (non-hydrogen) atoms. The number of halogens is 1. The highest BCUT2D eigenvalue weighted by Crippen LogP contribution is 2.25. The number of hydrogen-bond donors (Lipinski definition) is 2. The molecule has 156 valence electrons. The molecule has 0 bridgehead atoms. The average molecular weight is 428 g/mol. The summed E-state index contributed by atoms with van der Waals surface area (Å²) in [5.74, 6) is -0.830. The Morgan fingerprint density at radius 2 is 1.93 bits per heavy atom. The monoisotopic (exact) mass is 428 g/mol. The Bertz CT molecular complexity index is 1150. The van der Waals surface area contributed by atoms with Gasteiger partial charge in [-0.15, -0.1) is 0 Å². The lowest BCUT2D eigenvalue weighted by atomic mass is 9.99. The molecule has 1 saturated heterocycles. The van der Waals surface area contributed by atoms with Crippen molar-refractivity contribution in [2.45, 2.75) is 17.7 Å². The third-order valence-corrected chi connectivity index (χ3v) is 6.98. The maximum absolute atomic E-state index is 13.4. The van der Waals surface area contributed by atoms with E-state index in [2.05, 4.69) is 15.5 Å². The van der Waals surface area contributed by atoms with Gasteiger partial charge in [-0.2, -0.15) is 9.40 Å². The van der Waals surface area contributed by atoms with E-state index in [1.165, 1.54) is 16.4 Å². The fourth-order valence-corrected chi connectivity index (χ4v) is 5.08. The van der Waals surface area contributed by atoms with Gasteiger partial charge in [-0.1, -0.05) is 30.3 Å². The molecule has 0 saturated carbocycles. The van der Waals surface area contributed by atoms with Gasteiger partial charge in [-0.05, 0) is 37.1 Å². The summed E-state index contributed by atoms with van der Waals surface area (Å²) in [7, 11) is -3.64. The van der Waals surface area contributed by atoms with Crippen LogP contribution in [0.1, 0.15) is 12.8 Å². The first-order chi connectivity index (χ1) is 14.4. The Morgan fingerprint density at radius 3 is 2.70 bits per heavy atom. The molecule has 2 heterocycles. The summed E-state index contributed by atoms with van der Waals surface area (Å²) in [5, 5.41) is 9.57. The first kappa shape index (κ1) is 20.2. The third-order valence-electron chi connectivity index (χ3n) is 5.10. The zero-order valence-corrected chi connectivity index (χ0v) is 16.9. The van der Waals surface area contributed by atoms with Crippen LogP contribution in [0.2, 0.25) is 0 Å². The Kier molecular flexibility index (Phi) is 5.65. The number of carbonyl (C=O) groups is 1. The highest BCUT2D eigenvalue weighted by atomic mass is 32.2. The van der Waals surface area contributed by atoms with Gasteiger partial charge in [-0.3, -0.25) is 9.89 Å². The lowest BCUT2D eigenvalue weighted by molar-refractivity contribution is -0.120. The van der Waals surface area contributed by atoms with Gasteiger partial charge in [-0.25, -0.2) is 12.8 Å². The molecule has 0 unspecified atom stereocenters. The summed E-state index contributed by atoms with van der Waals surface area (Å²) < 4.78 is 40.5. The number of rotatable bonds is 5. The fourth-order valence-electron chi connectivity index (χ4n) is 3.53. The van der Waals surface area contributed by atoms with Gasteiger partial charge >= 0.3 is 0 Å². The summed E-state index contributed by atoms with van der Waals surface area (Å²) in [4.78, 5) is 13.0. The number of nitrogens with zero attached hydrogens (tertiary/aromatic N) is 2. The second-order valence-corrected chi connectivity index (χ2v) is 9.12. The molecule has 0 radical (unpaired) electrons. The summed E-state index contributed by atoms with van der Waals surface area (Å²) in [5.41, 5.74) is 1.18. The van der Waals surface area contributed by atoms with Gasteiger partial charge in [0.05, 0.1) is 16.5 Å². The van der Waals surface area contributed by atoms with Gasteiger partial charge in [0.15, 0.2) is 5.82 Å². The number of benzene rings is 2. The molecule has 1 aliphatic rings. The molecule has 2 aromatic carbocycles. The Labute approximate surface area is 174 Å². The Morgan fingerprint density at radius 1 is 1.13 bits per heavy atom. The first-order valence-electron chi connectivity index (χ1n) is 9.61. The minimum atomic E-state index is -3.64. The number of nitrogens with one attached hydrogen (secondary N) is 2. The lowest BCUT2D eigenvalue weighted by Crippen LogP contribution is -2.43. The summed E-state index contributed by atoms with van der Waals surface area (Å²) in [6, 6.07) is 15.9. The number of aromatic nitrogens is 2. The molecule has 1 fully saturated rings. The van der Waals surface area contributed by atoms with E-state index in [1.54, 1.807) is 48.5 Å². The number of anilines is 1. The van der Waals surface area contributed by atoms with Crippen LogP contribution >= 0.6 is 0 Å². The largest absolute Gasteiger partial charge is 0.309 e. The molecule has 1 amide bonds. The standard InChI is InChI=1S/C21H21FN4O3S/c22-17-8-4-6-15(12-17)19-13-20(25-24-19)23-21(27)16-7-5-11-26(14-16)30(28,29)18-9-2-1-3-10-18/h1-4,6,8-10,12-13,16H,5,7,11,14H2,(H2,23,24,25,27)/t16-/m1/s1. The molecule has 4 rings (SSSR count). The van der Waals surface area contributed by atoms with Crippen LogP contribution < -0.4 is 5.32 Å². The highest BCUT2D eigenvalue weighted by Gasteiger charge is 2.33. The van der Waals surface area contributed by atoms with E-state index in [4.69, 9.17) is 0 Å². The van der Waals surface area contributed by atoms with Crippen LogP contribution in [-0.4, -0.2) is 41.9 Å². The quantitative estimate of drug-likeness (QED) is 0.652. The van der Waals surface area contributed by atoms with Crippen molar-refractivity contribution < 1.29 is 17.6 Å². The van der Waals surface area contributed by atoms with E-state index < -0.39 is 15.9 Å². The third kappa shape index (κ3) is 4.27. The maximum Gasteiger partial charge on any atom is 0.243 e. The molecular weight excluding hydrogens is 407 g/mol. The van der Waals surface area contributed by atoms with Crippen LogP contribution in [0.5, 0.6) is 0 Å². The van der Waals surface area contributed by atoms with Gasteiger partial charge in [0, 0.05) is 24.7 Å². The topological polar surface area (TPSA) is 95.2 Å². The Hall–Kier alpha value is -3.04. The number of carbonyl (C=O) groups excluding carboxylic acids is 1. The van der Waals surface area contributed by atoms with E-state index in [-0.39, 0.29) is 23.2 Å². The molecule has 1 atom stereocenters.